The molecule has 1 aromatic carbocycles. The van der Waals surface area contributed by atoms with E-state index >= 15 is 0 Å². The van der Waals surface area contributed by atoms with Gasteiger partial charge in [0.2, 0.25) is 10.0 Å². The molecule has 0 atom stereocenters. The molecule has 1 amide bonds. The van der Waals surface area contributed by atoms with Gasteiger partial charge in [0.05, 0.1) is 11.3 Å². The van der Waals surface area contributed by atoms with Crippen LogP contribution in [0, 0.1) is 0 Å². The molecular weight excluding hydrogens is 326 g/mol. The Morgan fingerprint density at radius 2 is 1.83 bits per heavy atom. The second-order valence-corrected chi connectivity index (χ2v) is 7.86. The van der Waals surface area contributed by atoms with Gasteiger partial charge in [-0.3, -0.25) is 4.79 Å². The molecule has 0 saturated carbocycles. The third-order valence-corrected chi connectivity index (χ3v) is 6.02. The normalized spacial score (nSPS) is 16.8. The molecule has 6 nitrogen and oxygen atoms in total. The fourth-order valence-corrected chi connectivity index (χ4v) is 4.45. The van der Waals surface area contributed by atoms with Crippen LogP contribution in [0.3, 0.4) is 0 Å². The summed E-state index contributed by atoms with van der Waals surface area (Å²) in [4.78, 5) is 17.0. The van der Waals surface area contributed by atoms with Crippen LogP contribution in [0.25, 0.3) is 0 Å². The van der Waals surface area contributed by atoms with Crippen molar-refractivity contribution >= 4 is 15.9 Å². The summed E-state index contributed by atoms with van der Waals surface area (Å²) in [6, 6.07) is 10.9. The first-order chi connectivity index (χ1) is 11.6. The highest BCUT2D eigenvalue weighted by Crippen LogP contribution is 2.15. The number of hydrogen-bond acceptors (Lipinski definition) is 3. The lowest BCUT2D eigenvalue weighted by molar-refractivity contribution is 0.0764. The average Bonchev–Trinajstić information content (AvgIpc) is 2.98. The highest BCUT2D eigenvalue weighted by molar-refractivity contribution is 7.88. The SMILES string of the molecule is O=C(c1cc[nH]c1)N1CCCN(S(=O)(=O)Cc2ccccc2)CC1. The summed E-state index contributed by atoms with van der Waals surface area (Å²) >= 11 is 0. The molecule has 1 aliphatic heterocycles. The van der Waals surface area contributed by atoms with E-state index in [1.807, 2.05) is 30.3 Å². The van der Waals surface area contributed by atoms with Gasteiger partial charge < -0.3 is 9.88 Å². The van der Waals surface area contributed by atoms with Crippen LogP contribution in [0.2, 0.25) is 0 Å². The lowest BCUT2D eigenvalue weighted by atomic mass is 10.2. The van der Waals surface area contributed by atoms with Gasteiger partial charge in [0, 0.05) is 38.6 Å². The largest absolute Gasteiger partial charge is 0.367 e. The third kappa shape index (κ3) is 3.85. The summed E-state index contributed by atoms with van der Waals surface area (Å²) in [5, 5.41) is 0. The highest BCUT2D eigenvalue weighted by Gasteiger charge is 2.27. The minimum absolute atomic E-state index is 0.000400. The molecule has 24 heavy (non-hydrogen) atoms. The van der Waals surface area contributed by atoms with E-state index in [2.05, 4.69) is 4.98 Å². The summed E-state index contributed by atoms with van der Waals surface area (Å²) in [6.45, 7) is 1.77. The maximum absolute atomic E-state index is 12.6. The molecule has 0 spiro atoms. The minimum Gasteiger partial charge on any atom is -0.367 e. The van der Waals surface area contributed by atoms with E-state index in [1.165, 1.54) is 4.31 Å². The number of H-pyrrole nitrogens is 1. The van der Waals surface area contributed by atoms with Crippen LogP contribution < -0.4 is 0 Å². The van der Waals surface area contributed by atoms with Crippen molar-refractivity contribution in [1.29, 1.82) is 0 Å². The molecule has 2 aromatic rings. The number of carbonyl (C=O) groups excluding carboxylic acids is 1. The van der Waals surface area contributed by atoms with Crippen LogP contribution in [0.4, 0.5) is 0 Å². The fourth-order valence-electron chi connectivity index (χ4n) is 2.89. The molecule has 1 aromatic heterocycles. The number of aromatic nitrogens is 1. The molecule has 128 valence electrons. The van der Waals surface area contributed by atoms with Crippen molar-refractivity contribution in [3.05, 3.63) is 59.9 Å². The fraction of sp³-hybridized carbons (Fsp3) is 0.353. The van der Waals surface area contributed by atoms with Crippen LogP contribution >= 0.6 is 0 Å². The van der Waals surface area contributed by atoms with Crippen LogP contribution in [0.15, 0.2) is 48.8 Å². The second-order valence-electron chi connectivity index (χ2n) is 5.89. The number of benzene rings is 1. The van der Waals surface area contributed by atoms with E-state index in [0.717, 1.165) is 5.56 Å². The first kappa shape index (κ1) is 16.7. The number of nitrogens with zero attached hydrogens (tertiary/aromatic N) is 2. The van der Waals surface area contributed by atoms with Gasteiger partial charge in [0.1, 0.15) is 0 Å². The monoisotopic (exact) mass is 347 g/mol. The Morgan fingerprint density at radius 3 is 2.54 bits per heavy atom. The topological polar surface area (TPSA) is 73.5 Å². The summed E-state index contributed by atoms with van der Waals surface area (Å²) in [5.41, 5.74) is 1.39. The van der Waals surface area contributed by atoms with Gasteiger partial charge in [-0.1, -0.05) is 30.3 Å². The zero-order valence-electron chi connectivity index (χ0n) is 13.4. The van der Waals surface area contributed by atoms with Crippen molar-refractivity contribution < 1.29 is 13.2 Å². The lowest BCUT2D eigenvalue weighted by Crippen LogP contribution is -2.37. The van der Waals surface area contributed by atoms with Gasteiger partial charge in [-0.2, -0.15) is 4.31 Å². The molecule has 0 radical (unpaired) electrons. The maximum Gasteiger partial charge on any atom is 0.255 e. The van der Waals surface area contributed by atoms with Crippen LogP contribution in [-0.4, -0.2) is 54.7 Å². The third-order valence-electron chi connectivity index (χ3n) is 4.17. The van der Waals surface area contributed by atoms with E-state index in [-0.39, 0.29) is 11.7 Å². The van der Waals surface area contributed by atoms with Gasteiger partial charge in [-0.25, -0.2) is 8.42 Å². The predicted octanol–water partition coefficient (Wildman–Crippen LogP) is 1.69. The summed E-state index contributed by atoms with van der Waals surface area (Å²) in [5.74, 6) is -0.0573. The molecule has 1 aliphatic rings. The Morgan fingerprint density at radius 1 is 1.04 bits per heavy atom. The highest BCUT2D eigenvalue weighted by atomic mass is 32.2. The van der Waals surface area contributed by atoms with Crippen molar-refractivity contribution in [2.75, 3.05) is 26.2 Å². The Hall–Kier alpha value is -2.12. The Bertz CT molecular complexity index is 773. The first-order valence-corrected chi connectivity index (χ1v) is 9.61. The molecule has 0 bridgehead atoms. The number of carbonyl (C=O) groups is 1. The van der Waals surface area contributed by atoms with E-state index in [0.29, 0.717) is 38.2 Å². The van der Waals surface area contributed by atoms with E-state index in [9.17, 15) is 13.2 Å². The van der Waals surface area contributed by atoms with Gasteiger partial charge in [-0.05, 0) is 18.1 Å². The Balaban J connectivity index is 1.65. The standard InChI is InChI=1S/C17H21N3O3S/c21-17(16-7-8-18-13-16)19-9-4-10-20(12-11-19)24(22,23)14-15-5-2-1-3-6-15/h1-3,5-8,13,18H,4,9-12,14H2. The number of hydrogen-bond donors (Lipinski definition) is 1. The number of nitrogens with one attached hydrogen (secondary N) is 1. The minimum atomic E-state index is -3.37. The molecule has 3 rings (SSSR count). The quantitative estimate of drug-likeness (QED) is 0.915. The smallest absolute Gasteiger partial charge is 0.255 e. The van der Waals surface area contributed by atoms with Gasteiger partial charge in [0.15, 0.2) is 0 Å². The number of sulfonamides is 1. The van der Waals surface area contributed by atoms with E-state index < -0.39 is 10.0 Å². The van der Waals surface area contributed by atoms with E-state index in [1.54, 1.807) is 23.4 Å². The first-order valence-electron chi connectivity index (χ1n) is 8.00. The van der Waals surface area contributed by atoms with Crippen molar-refractivity contribution in [2.45, 2.75) is 12.2 Å². The average molecular weight is 347 g/mol. The van der Waals surface area contributed by atoms with Crippen LogP contribution in [0.5, 0.6) is 0 Å². The van der Waals surface area contributed by atoms with Crippen LogP contribution in [0.1, 0.15) is 22.3 Å². The summed E-state index contributed by atoms with van der Waals surface area (Å²) in [7, 11) is -3.37. The second kappa shape index (κ2) is 7.19. The van der Waals surface area contributed by atoms with E-state index in [4.69, 9.17) is 0 Å². The number of rotatable bonds is 4. The molecule has 0 aliphatic carbocycles. The number of amides is 1. The zero-order chi connectivity index (χ0) is 17.0. The lowest BCUT2D eigenvalue weighted by Gasteiger charge is -2.21. The van der Waals surface area contributed by atoms with Crippen molar-refractivity contribution in [1.82, 2.24) is 14.2 Å². The van der Waals surface area contributed by atoms with Gasteiger partial charge in [0.25, 0.3) is 5.91 Å². The van der Waals surface area contributed by atoms with Crippen LogP contribution in [-0.2, 0) is 15.8 Å². The molecule has 1 saturated heterocycles. The molecular formula is C17H21N3O3S. The van der Waals surface area contributed by atoms with Gasteiger partial charge >= 0.3 is 0 Å². The van der Waals surface area contributed by atoms with Crippen molar-refractivity contribution in [2.24, 2.45) is 0 Å². The molecule has 7 heteroatoms. The molecule has 2 heterocycles. The summed E-state index contributed by atoms with van der Waals surface area (Å²) < 4.78 is 26.8. The van der Waals surface area contributed by atoms with Crippen molar-refractivity contribution in [3.63, 3.8) is 0 Å². The molecule has 0 unspecified atom stereocenters. The zero-order valence-corrected chi connectivity index (χ0v) is 14.2. The molecule has 1 fully saturated rings. The van der Waals surface area contributed by atoms with Gasteiger partial charge in [-0.15, -0.1) is 0 Å². The summed E-state index contributed by atoms with van der Waals surface area (Å²) in [6.07, 6.45) is 4.02. The van der Waals surface area contributed by atoms with Crippen molar-refractivity contribution in [3.8, 4) is 0 Å². The Labute approximate surface area is 142 Å². The predicted molar refractivity (Wildman–Crippen MR) is 92.0 cm³/mol. The molecule has 1 N–H and O–H groups in total. The Kier molecular flexibility index (Phi) is 5.01. The number of aromatic amines is 1. The maximum atomic E-state index is 12.6.